The van der Waals surface area contributed by atoms with Gasteiger partial charge in [-0.2, -0.15) is 15.1 Å². The molecule has 0 amide bonds. The Labute approximate surface area is 176 Å². The van der Waals surface area contributed by atoms with E-state index >= 15 is 0 Å². The standard InChI is InChI=1S/C21H28N8O/c1-14-11-16(30-4)5-6-17(14)22-21-24-18(23-19-12-15(2)26-27-19)13-20(25-21)29-9-7-28(3)8-10-29/h5-6,11-13H,7-10H2,1-4H3,(H3,22,23,24,25,26,27). The second-order valence-corrected chi connectivity index (χ2v) is 7.59. The van der Waals surface area contributed by atoms with Gasteiger partial charge >= 0.3 is 0 Å². The second kappa shape index (κ2) is 8.58. The molecule has 0 spiro atoms. The third-order valence-corrected chi connectivity index (χ3v) is 5.18. The van der Waals surface area contributed by atoms with Gasteiger partial charge in [0.15, 0.2) is 5.82 Å². The number of hydrogen-bond acceptors (Lipinski definition) is 8. The molecule has 1 fully saturated rings. The van der Waals surface area contributed by atoms with Crippen molar-refractivity contribution in [2.75, 3.05) is 55.9 Å². The fourth-order valence-electron chi connectivity index (χ4n) is 3.39. The number of aryl methyl sites for hydroxylation is 2. The van der Waals surface area contributed by atoms with Gasteiger partial charge in [0, 0.05) is 49.7 Å². The maximum Gasteiger partial charge on any atom is 0.231 e. The van der Waals surface area contributed by atoms with Crippen molar-refractivity contribution in [3.63, 3.8) is 0 Å². The first-order valence-electron chi connectivity index (χ1n) is 10.0. The number of H-pyrrole nitrogens is 1. The molecule has 0 radical (unpaired) electrons. The molecular weight excluding hydrogens is 380 g/mol. The minimum Gasteiger partial charge on any atom is -0.497 e. The number of hydrogen-bond donors (Lipinski definition) is 3. The van der Waals surface area contributed by atoms with Gasteiger partial charge in [0.25, 0.3) is 0 Å². The van der Waals surface area contributed by atoms with Gasteiger partial charge in [-0.1, -0.05) is 0 Å². The van der Waals surface area contributed by atoms with Crippen LogP contribution in [0.5, 0.6) is 5.75 Å². The van der Waals surface area contributed by atoms with Crippen molar-refractivity contribution < 1.29 is 4.74 Å². The first-order chi connectivity index (χ1) is 14.5. The van der Waals surface area contributed by atoms with Crippen molar-refractivity contribution >= 4 is 29.1 Å². The zero-order chi connectivity index (χ0) is 21.1. The Morgan fingerprint density at radius 3 is 2.43 bits per heavy atom. The van der Waals surface area contributed by atoms with Gasteiger partial charge in [0.1, 0.15) is 17.4 Å². The average Bonchev–Trinajstić information content (AvgIpc) is 3.14. The van der Waals surface area contributed by atoms with Crippen LogP contribution in [0, 0.1) is 13.8 Å². The van der Waals surface area contributed by atoms with E-state index in [0.29, 0.717) is 11.8 Å². The average molecular weight is 409 g/mol. The Morgan fingerprint density at radius 1 is 0.967 bits per heavy atom. The van der Waals surface area contributed by atoms with E-state index in [-0.39, 0.29) is 0 Å². The van der Waals surface area contributed by atoms with Gasteiger partial charge in [-0.15, -0.1) is 0 Å². The molecule has 0 saturated carbocycles. The van der Waals surface area contributed by atoms with Gasteiger partial charge in [0.05, 0.1) is 7.11 Å². The van der Waals surface area contributed by atoms with Gasteiger partial charge < -0.3 is 25.2 Å². The molecular formula is C21H28N8O. The van der Waals surface area contributed by atoms with E-state index in [4.69, 9.17) is 9.72 Å². The molecule has 0 bridgehead atoms. The largest absolute Gasteiger partial charge is 0.497 e. The quantitative estimate of drug-likeness (QED) is 0.573. The van der Waals surface area contributed by atoms with E-state index in [0.717, 1.165) is 60.5 Å². The van der Waals surface area contributed by atoms with Crippen LogP contribution in [0.25, 0.3) is 0 Å². The van der Waals surface area contributed by atoms with Crippen molar-refractivity contribution in [3.05, 3.63) is 41.6 Å². The van der Waals surface area contributed by atoms with Crippen molar-refractivity contribution in [1.82, 2.24) is 25.1 Å². The van der Waals surface area contributed by atoms with Crippen LogP contribution in [0.4, 0.5) is 29.1 Å². The lowest BCUT2D eigenvalue weighted by atomic mass is 10.2. The minimum absolute atomic E-state index is 0.537. The normalized spacial score (nSPS) is 14.6. The summed E-state index contributed by atoms with van der Waals surface area (Å²) in [6.07, 6.45) is 0. The summed E-state index contributed by atoms with van der Waals surface area (Å²) in [5.41, 5.74) is 2.98. The minimum atomic E-state index is 0.537. The van der Waals surface area contributed by atoms with E-state index in [2.05, 4.69) is 42.7 Å². The molecule has 4 rings (SSSR count). The number of aromatic nitrogens is 4. The fourth-order valence-corrected chi connectivity index (χ4v) is 3.39. The Hall–Kier alpha value is -3.33. The number of nitrogens with zero attached hydrogens (tertiary/aromatic N) is 5. The third kappa shape index (κ3) is 4.62. The molecule has 1 aromatic carbocycles. The van der Waals surface area contributed by atoms with Crippen molar-refractivity contribution in [1.29, 1.82) is 0 Å². The number of benzene rings is 1. The van der Waals surface area contributed by atoms with Crippen LogP contribution < -0.4 is 20.3 Å². The molecule has 1 saturated heterocycles. The molecule has 3 aromatic rings. The summed E-state index contributed by atoms with van der Waals surface area (Å²) in [6.45, 7) is 7.86. The van der Waals surface area contributed by atoms with Crippen molar-refractivity contribution in [3.8, 4) is 5.75 Å². The number of rotatable bonds is 6. The van der Waals surface area contributed by atoms with E-state index in [1.807, 2.05) is 44.2 Å². The van der Waals surface area contributed by atoms with Crippen LogP contribution in [0.15, 0.2) is 30.3 Å². The number of anilines is 5. The lowest BCUT2D eigenvalue weighted by Crippen LogP contribution is -2.44. The summed E-state index contributed by atoms with van der Waals surface area (Å²) in [5.74, 6) is 3.67. The van der Waals surface area contributed by atoms with Crippen molar-refractivity contribution in [2.45, 2.75) is 13.8 Å². The fraction of sp³-hybridized carbons (Fsp3) is 0.381. The maximum absolute atomic E-state index is 5.31. The smallest absolute Gasteiger partial charge is 0.231 e. The van der Waals surface area contributed by atoms with Crippen molar-refractivity contribution in [2.24, 2.45) is 0 Å². The highest BCUT2D eigenvalue weighted by Crippen LogP contribution is 2.27. The number of likely N-dealkylation sites (N-methyl/N-ethyl adjacent to an activating group) is 1. The van der Waals surface area contributed by atoms with Crippen LogP contribution in [0.3, 0.4) is 0 Å². The highest BCUT2D eigenvalue weighted by Gasteiger charge is 2.18. The molecule has 0 atom stereocenters. The summed E-state index contributed by atoms with van der Waals surface area (Å²) >= 11 is 0. The Kier molecular flexibility index (Phi) is 5.71. The molecule has 30 heavy (non-hydrogen) atoms. The first kappa shape index (κ1) is 20.0. The predicted octanol–water partition coefficient (Wildman–Crippen LogP) is 3.06. The maximum atomic E-state index is 5.31. The Morgan fingerprint density at radius 2 is 1.77 bits per heavy atom. The van der Waals surface area contributed by atoms with Gasteiger partial charge in [-0.3, -0.25) is 5.10 Å². The molecule has 0 aliphatic carbocycles. The SMILES string of the molecule is COc1ccc(Nc2nc(Nc3cc(C)[nH]n3)cc(N3CCN(C)CC3)n2)c(C)c1. The molecule has 158 valence electrons. The lowest BCUT2D eigenvalue weighted by molar-refractivity contribution is 0.312. The number of aromatic amines is 1. The molecule has 1 aliphatic rings. The second-order valence-electron chi connectivity index (χ2n) is 7.59. The molecule has 3 N–H and O–H groups in total. The molecule has 9 nitrogen and oxygen atoms in total. The summed E-state index contributed by atoms with van der Waals surface area (Å²) in [5, 5.41) is 13.8. The van der Waals surface area contributed by atoms with Crippen LogP contribution in [0.1, 0.15) is 11.3 Å². The zero-order valence-electron chi connectivity index (χ0n) is 17.9. The molecule has 1 aliphatic heterocycles. The first-order valence-corrected chi connectivity index (χ1v) is 10.0. The van der Waals surface area contributed by atoms with E-state index in [1.54, 1.807) is 7.11 Å². The van der Waals surface area contributed by atoms with E-state index in [1.165, 1.54) is 0 Å². The summed E-state index contributed by atoms with van der Waals surface area (Å²) < 4.78 is 5.31. The highest BCUT2D eigenvalue weighted by molar-refractivity contribution is 5.65. The van der Waals surface area contributed by atoms with Gasteiger partial charge in [-0.05, 0) is 44.7 Å². The van der Waals surface area contributed by atoms with Crippen LogP contribution >= 0.6 is 0 Å². The predicted molar refractivity (Wildman–Crippen MR) is 119 cm³/mol. The van der Waals surface area contributed by atoms with E-state index in [9.17, 15) is 0 Å². The lowest BCUT2D eigenvalue weighted by Gasteiger charge is -2.33. The van der Waals surface area contributed by atoms with Crippen LogP contribution in [0.2, 0.25) is 0 Å². The van der Waals surface area contributed by atoms with E-state index < -0.39 is 0 Å². The number of ether oxygens (including phenoxy) is 1. The topological polar surface area (TPSA) is 94.2 Å². The summed E-state index contributed by atoms with van der Waals surface area (Å²) in [6, 6.07) is 9.80. The monoisotopic (exact) mass is 408 g/mol. The Balaban J connectivity index is 1.64. The summed E-state index contributed by atoms with van der Waals surface area (Å²) in [4.78, 5) is 14.1. The number of piperazine rings is 1. The van der Waals surface area contributed by atoms with Crippen LogP contribution in [-0.2, 0) is 0 Å². The van der Waals surface area contributed by atoms with Gasteiger partial charge in [-0.25, -0.2) is 0 Å². The molecule has 2 aromatic heterocycles. The molecule has 9 heteroatoms. The summed E-state index contributed by atoms with van der Waals surface area (Å²) in [7, 11) is 3.81. The molecule has 0 unspecified atom stereocenters. The molecule has 3 heterocycles. The zero-order valence-corrected chi connectivity index (χ0v) is 17.9. The number of methoxy groups -OCH3 is 1. The van der Waals surface area contributed by atoms with Gasteiger partial charge in [0.2, 0.25) is 5.95 Å². The third-order valence-electron chi connectivity index (χ3n) is 5.18. The highest BCUT2D eigenvalue weighted by atomic mass is 16.5. The number of nitrogens with one attached hydrogen (secondary N) is 3. The Bertz CT molecular complexity index is 1010. The van der Waals surface area contributed by atoms with Crippen LogP contribution in [-0.4, -0.2) is 65.4 Å².